The number of ether oxygens (including phenoxy) is 1. The molecule has 0 aliphatic heterocycles. The van der Waals surface area contributed by atoms with Gasteiger partial charge in [0.25, 0.3) is 0 Å². The van der Waals surface area contributed by atoms with E-state index in [-0.39, 0.29) is 5.97 Å². The Morgan fingerprint density at radius 1 is 1.33 bits per heavy atom. The molecule has 4 nitrogen and oxygen atoms in total. The molecule has 0 saturated heterocycles. The first-order valence-corrected chi connectivity index (χ1v) is 5.93. The predicted molar refractivity (Wildman–Crippen MR) is 69.6 cm³/mol. The van der Waals surface area contributed by atoms with E-state index in [1.165, 1.54) is 7.11 Å². The predicted octanol–water partition coefficient (Wildman–Crippen LogP) is 2.22. The van der Waals surface area contributed by atoms with Crippen molar-refractivity contribution in [1.29, 1.82) is 0 Å². The highest BCUT2D eigenvalue weighted by Gasteiger charge is 2.05. The highest BCUT2D eigenvalue weighted by atomic mass is 16.6. The quantitative estimate of drug-likeness (QED) is 0.348. The van der Waals surface area contributed by atoms with E-state index in [1.807, 2.05) is 37.3 Å². The van der Waals surface area contributed by atoms with Gasteiger partial charge < -0.3 is 4.74 Å². The first-order valence-electron chi connectivity index (χ1n) is 5.93. The van der Waals surface area contributed by atoms with Gasteiger partial charge in [-0.15, -0.1) is 0 Å². The number of rotatable bonds is 7. The normalized spacial score (nSPS) is 11.3. The van der Waals surface area contributed by atoms with Crippen LogP contribution in [0.25, 0.3) is 0 Å². The fourth-order valence-electron chi connectivity index (χ4n) is 1.44. The Bertz CT molecular complexity index is 387. The molecule has 0 aromatic heterocycles. The average Bonchev–Trinajstić information content (AvgIpc) is 2.43. The summed E-state index contributed by atoms with van der Waals surface area (Å²) in [4.78, 5) is 16.6. The highest BCUT2D eigenvalue weighted by Crippen LogP contribution is 2.02. The van der Waals surface area contributed by atoms with Gasteiger partial charge in [0.15, 0.2) is 0 Å². The maximum Gasteiger partial charge on any atom is 0.333 e. The zero-order chi connectivity index (χ0) is 13.2. The Balaban J connectivity index is 2.25. The van der Waals surface area contributed by atoms with Gasteiger partial charge in [-0.1, -0.05) is 43.3 Å². The van der Waals surface area contributed by atoms with Crippen LogP contribution in [-0.4, -0.2) is 19.6 Å². The summed E-state index contributed by atoms with van der Waals surface area (Å²) in [5, 5.41) is 0. The van der Waals surface area contributed by atoms with Crippen LogP contribution in [0.4, 0.5) is 0 Å². The molecule has 0 amide bonds. The number of hydrogen-bond acceptors (Lipinski definition) is 4. The maximum atomic E-state index is 11.3. The summed E-state index contributed by atoms with van der Waals surface area (Å²) in [5.74, 6) is -0.289. The Morgan fingerprint density at radius 2 is 2.06 bits per heavy atom. The summed E-state index contributed by atoms with van der Waals surface area (Å²) in [6, 6.07) is 9.87. The van der Waals surface area contributed by atoms with Gasteiger partial charge in [-0.3, -0.25) is 4.84 Å². The van der Waals surface area contributed by atoms with Gasteiger partial charge in [0.2, 0.25) is 0 Å². The number of methoxy groups -OCH3 is 1. The van der Waals surface area contributed by atoms with Crippen molar-refractivity contribution in [3.63, 3.8) is 0 Å². The van der Waals surface area contributed by atoms with Crippen LogP contribution in [0.2, 0.25) is 0 Å². The molecule has 0 fully saturated rings. The van der Waals surface area contributed by atoms with Gasteiger partial charge in [-0.05, 0) is 12.0 Å². The van der Waals surface area contributed by atoms with Crippen LogP contribution in [0.1, 0.15) is 18.9 Å². The van der Waals surface area contributed by atoms with Gasteiger partial charge in [0.05, 0.1) is 13.7 Å². The fraction of sp³-hybridized carbons (Fsp3) is 0.357. The van der Waals surface area contributed by atoms with Crippen molar-refractivity contribution in [2.24, 2.45) is 0 Å². The number of hydroxylamine groups is 1. The lowest BCUT2D eigenvalue weighted by Crippen LogP contribution is -2.16. The third-order valence-electron chi connectivity index (χ3n) is 2.44. The fourth-order valence-corrected chi connectivity index (χ4v) is 1.44. The molecule has 0 radical (unpaired) electrons. The average molecular weight is 249 g/mol. The lowest BCUT2D eigenvalue weighted by Gasteiger charge is -2.05. The summed E-state index contributed by atoms with van der Waals surface area (Å²) < 4.78 is 4.65. The number of nitrogens with one attached hydrogen (secondary N) is 1. The summed E-state index contributed by atoms with van der Waals surface area (Å²) in [7, 11) is 1.38. The van der Waals surface area contributed by atoms with Gasteiger partial charge in [-0.2, -0.15) is 5.48 Å². The third kappa shape index (κ3) is 5.12. The second kappa shape index (κ2) is 8.44. The summed E-state index contributed by atoms with van der Waals surface area (Å²) >= 11 is 0. The molecule has 0 saturated carbocycles. The molecule has 4 heteroatoms. The van der Waals surface area contributed by atoms with Gasteiger partial charge in [-0.25, -0.2) is 4.79 Å². The molecular weight excluding hydrogens is 230 g/mol. The standard InChI is InChI=1S/C14H19NO3/c1-3-13(14(16)17-2)9-10-15-18-11-12-7-5-4-6-8-12/h4-9,15H,3,10-11H2,1-2H3/b13-9-. The second-order valence-electron chi connectivity index (χ2n) is 3.70. The number of benzene rings is 1. The second-order valence-corrected chi connectivity index (χ2v) is 3.70. The van der Waals surface area contributed by atoms with E-state index in [9.17, 15) is 4.79 Å². The third-order valence-corrected chi connectivity index (χ3v) is 2.44. The van der Waals surface area contributed by atoms with Crippen LogP contribution in [0.15, 0.2) is 42.0 Å². The van der Waals surface area contributed by atoms with Crippen LogP contribution >= 0.6 is 0 Å². The van der Waals surface area contributed by atoms with Crippen molar-refractivity contribution in [2.45, 2.75) is 20.0 Å². The van der Waals surface area contributed by atoms with E-state index >= 15 is 0 Å². The summed E-state index contributed by atoms with van der Waals surface area (Å²) in [6.07, 6.45) is 2.42. The van der Waals surface area contributed by atoms with Gasteiger partial charge in [0.1, 0.15) is 0 Å². The molecular formula is C14H19NO3. The van der Waals surface area contributed by atoms with Crippen LogP contribution in [0.5, 0.6) is 0 Å². The van der Waals surface area contributed by atoms with Crippen LogP contribution in [0, 0.1) is 0 Å². The van der Waals surface area contributed by atoms with Crippen molar-refractivity contribution < 1.29 is 14.4 Å². The Labute approximate surface area is 108 Å². The molecule has 1 N–H and O–H groups in total. The molecule has 0 spiro atoms. The smallest absolute Gasteiger partial charge is 0.333 e. The Kier molecular flexibility index (Phi) is 6.76. The lowest BCUT2D eigenvalue weighted by molar-refractivity contribution is -0.136. The molecule has 1 rings (SSSR count). The van der Waals surface area contributed by atoms with Crippen molar-refractivity contribution in [3.05, 3.63) is 47.5 Å². The topological polar surface area (TPSA) is 47.6 Å². The number of hydrogen-bond donors (Lipinski definition) is 1. The van der Waals surface area contributed by atoms with Crippen LogP contribution in [-0.2, 0) is 21.0 Å². The molecule has 0 aliphatic rings. The summed E-state index contributed by atoms with van der Waals surface area (Å²) in [5.41, 5.74) is 4.54. The van der Waals surface area contributed by atoms with E-state index in [1.54, 1.807) is 6.08 Å². The molecule has 0 heterocycles. The summed E-state index contributed by atoms with van der Waals surface area (Å²) in [6.45, 7) is 2.88. The molecule has 0 aliphatic carbocycles. The molecule has 1 aromatic rings. The minimum atomic E-state index is -0.289. The van der Waals surface area contributed by atoms with Crippen LogP contribution < -0.4 is 5.48 Å². The lowest BCUT2D eigenvalue weighted by atomic mass is 10.2. The molecule has 0 bridgehead atoms. The SMILES string of the molecule is CC/C(=C/CNOCc1ccccc1)C(=O)OC. The van der Waals surface area contributed by atoms with E-state index in [2.05, 4.69) is 10.2 Å². The van der Waals surface area contributed by atoms with Crippen molar-refractivity contribution in [1.82, 2.24) is 5.48 Å². The van der Waals surface area contributed by atoms with E-state index in [0.29, 0.717) is 25.1 Å². The van der Waals surface area contributed by atoms with Crippen LogP contribution in [0.3, 0.4) is 0 Å². The minimum Gasteiger partial charge on any atom is -0.466 e. The number of esters is 1. The monoisotopic (exact) mass is 249 g/mol. The van der Waals surface area contributed by atoms with E-state index in [4.69, 9.17) is 4.84 Å². The van der Waals surface area contributed by atoms with Crippen molar-refractivity contribution in [3.8, 4) is 0 Å². The molecule has 18 heavy (non-hydrogen) atoms. The molecule has 0 unspecified atom stereocenters. The Hall–Kier alpha value is -1.65. The Morgan fingerprint density at radius 3 is 2.67 bits per heavy atom. The molecule has 98 valence electrons. The molecule has 0 atom stereocenters. The first kappa shape index (κ1) is 14.4. The largest absolute Gasteiger partial charge is 0.466 e. The zero-order valence-electron chi connectivity index (χ0n) is 10.8. The number of carbonyl (C=O) groups excluding carboxylic acids is 1. The van der Waals surface area contributed by atoms with Gasteiger partial charge in [0, 0.05) is 12.1 Å². The minimum absolute atomic E-state index is 0.289. The highest BCUT2D eigenvalue weighted by molar-refractivity contribution is 5.88. The first-order chi connectivity index (χ1) is 8.77. The zero-order valence-corrected chi connectivity index (χ0v) is 10.8. The van der Waals surface area contributed by atoms with Crippen molar-refractivity contribution in [2.75, 3.05) is 13.7 Å². The maximum absolute atomic E-state index is 11.3. The van der Waals surface area contributed by atoms with Crippen molar-refractivity contribution >= 4 is 5.97 Å². The van der Waals surface area contributed by atoms with E-state index < -0.39 is 0 Å². The van der Waals surface area contributed by atoms with E-state index in [0.717, 1.165) is 5.56 Å². The number of carbonyl (C=O) groups is 1. The van der Waals surface area contributed by atoms with Gasteiger partial charge >= 0.3 is 5.97 Å². The molecule has 1 aromatic carbocycles.